The van der Waals surface area contributed by atoms with E-state index in [2.05, 4.69) is 24.9 Å². The third kappa shape index (κ3) is 4.14. The van der Waals surface area contributed by atoms with Crippen molar-refractivity contribution in [2.75, 3.05) is 38.2 Å². The molecule has 0 radical (unpaired) electrons. The Morgan fingerprint density at radius 2 is 2.03 bits per heavy atom. The molecule has 8 nitrogen and oxygen atoms in total. The quantitative estimate of drug-likeness (QED) is 0.668. The molecule has 1 aliphatic heterocycles. The Morgan fingerprint density at radius 3 is 2.76 bits per heavy atom. The summed E-state index contributed by atoms with van der Waals surface area (Å²) >= 11 is 6.09. The molecule has 29 heavy (non-hydrogen) atoms. The molecule has 4 rings (SSSR count). The molecule has 0 unspecified atom stereocenters. The number of carbonyl (C=O) groups is 1. The fourth-order valence-electron chi connectivity index (χ4n) is 3.58. The number of hydrogen-bond acceptors (Lipinski definition) is 5. The zero-order valence-electron chi connectivity index (χ0n) is 16.6. The Labute approximate surface area is 174 Å². The van der Waals surface area contributed by atoms with E-state index in [0.717, 1.165) is 56.1 Å². The predicted molar refractivity (Wildman–Crippen MR) is 112 cm³/mol. The zero-order chi connectivity index (χ0) is 20.4. The first-order valence-electron chi connectivity index (χ1n) is 9.80. The molecule has 0 spiro atoms. The number of anilines is 1. The molecule has 0 aliphatic carbocycles. The fourth-order valence-corrected chi connectivity index (χ4v) is 3.71. The van der Waals surface area contributed by atoms with E-state index in [1.165, 1.54) is 0 Å². The Bertz CT molecular complexity index is 1010. The van der Waals surface area contributed by atoms with Gasteiger partial charge in [0.2, 0.25) is 5.95 Å². The molecule has 1 atom stereocenters. The summed E-state index contributed by atoms with van der Waals surface area (Å²) in [6.45, 7) is 8.61. The summed E-state index contributed by atoms with van der Waals surface area (Å²) in [5.41, 5.74) is 2.62. The van der Waals surface area contributed by atoms with Gasteiger partial charge in [-0.2, -0.15) is 5.10 Å². The van der Waals surface area contributed by atoms with Crippen LogP contribution in [0.5, 0.6) is 0 Å². The zero-order valence-corrected chi connectivity index (χ0v) is 17.4. The minimum Gasteiger partial charge on any atom is -0.379 e. The van der Waals surface area contributed by atoms with Crippen LogP contribution in [0.3, 0.4) is 0 Å². The molecule has 0 saturated carbocycles. The molecule has 154 valence electrons. The molecule has 1 aliphatic rings. The van der Waals surface area contributed by atoms with Crippen molar-refractivity contribution in [1.29, 1.82) is 0 Å². The van der Waals surface area contributed by atoms with Gasteiger partial charge in [0.25, 0.3) is 5.91 Å². The van der Waals surface area contributed by atoms with Crippen molar-refractivity contribution in [3.8, 4) is 0 Å². The Morgan fingerprint density at radius 1 is 1.28 bits per heavy atom. The van der Waals surface area contributed by atoms with Gasteiger partial charge in [0.05, 0.1) is 41.2 Å². The number of benzene rings is 1. The van der Waals surface area contributed by atoms with Crippen molar-refractivity contribution in [3.05, 3.63) is 41.2 Å². The van der Waals surface area contributed by atoms with Crippen LogP contribution >= 0.6 is 11.6 Å². The number of carbonyl (C=O) groups excluding carboxylic acids is 1. The molecule has 1 saturated heterocycles. The molecule has 1 amide bonds. The Hall–Kier alpha value is -2.42. The maximum atomic E-state index is 12.9. The highest BCUT2D eigenvalue weighted by molar-refractivity contribution is 6.31. The summed E-state index contributed by atoms with van der Waals surface area (Å²) in [5, 5.41) is 7.75. The Kier molecular flexibility index (Phi) is 5.84. The normalized spacial score (nSPS) is 16.2. The van der Waals surface area contributed by atoms with Crippen LogP contribution < -0.4 is 5.32 Å². The molecule has 1 aromatic carbocycles. The standard InChI is InChI=1S/C20H25ClN6O2/c1-14-16(21)13-22-27(14)15(2)19(28)24-20-23-17-5-3-4-6-18(17)26(20)8-7-25-9-11-29-12-10-25/h3-6,13,15H,7-12H2,1-2H3,(H,23,24,28)/t15-/m0/s1. The van der Waals surface area contributed by atoms with Crippen molar-refractivity contribution < 1.29 is 9.53 Å². The number of imidazole rings is 1. The third-order valence-electron chi connectivity index (χ3n) is 5.36. The number of rotatable bonds is 6. The molecule has 3 aromatic rings. The Balaban J connectivity index is 1.55. The minimum absolute atomic E-state index is 0.184. The topological polar surface area (TPSA) is 77.2 Å². The molecular formula is C20H25ClN6O2. The van der Waals surface area contributed by atoms with Crippen LogP contribution in [0.4, 0.5) is 5.95 Å². The van der Waals surface area contributed by atoms with Crippen molar-refractivity contribution in [2.45, 2.75) is 26.4 Å². The van der Waals surface area contributed by atoms with Gasteiger partial charge in [-0.15, -0.1) is 0 Å². The monoisotopic (exact) mass is 416 g/mol. The van der Waals surface area contributed by atoms with Gasteiger partial charge < -0.3 is 9.30 Å². The lowest BCUT2D eigenvalue weighted by molar-refractivity contribution is -0.119. The second-order valence-electron chi connectivity index (χ2n) is 7.22. The van der Waals surface area contributed by atoms with Crippen molar-refractivity contribution in [2.24, 2.45) is 0 Å². The van der Waals surface area contributed by atoms with E-state index < -0.39 is 6.04 Å². The van der Waals surface area contributed by atoms with Gasteiger partial charge >= 0.3 is 0 Å². The summed E-state index contributed by atoms with van der Waals surface area (Å²) in [4.78, 5) is 19.9. The SMILES string of the molecule is Cc1c(Cl)cnn1[C@@H](C)C(=O)Nc1nc2ccccc2n1CCN1CCOCC1. The second-order valence-corrected chi connectivity index (χ2v) is 7.62. The van der Waals surface area contributed by atoms with Gasteiger partial charge in [-0.3, -0.25) is 19.7 Å². The van der Waals surface area contributed by atoms with Crippen LogP contribution in [0.15, 0.2) is 30.5 Å². The van der Waals surface area contributed by atoms with Crippen molar-refractivity contribution >= 4 is 34.5 Å². The van der Waals surface area contributed by atoms with Crippen LogP contribution in [0.2, 0.25) is 5.02 Å². The summed E-state index contributed by atoms with van der Waals surface area (Å²) in [6, 6.07) is 7.41. The lowest BCUT2D eigenvalue weighted by Gasteiger charge is -2.27. The summed E-state index contributed by atoms with van der Waals surface area (Å²) in [6.07, 6.45) is 1.55. The van der Waals surface area contributed by atoms with Gasteiger partial charge in [-0.05, 0) is 26.0 Å². The smallest absolute Gasteiger partial charge is 0.251 e. The lowest BCUT2D eigenvalue weighted by atomic mass is 10.3. The third-order valence-corrected chi connectivity index (χ3v) is 5.74. The van der Waals surface area contributed by atoms with Gasteiger partial charge in [0, 0.05) is 26.2 Å². The predicted octanol–water partition coefficient (Wildman–Crippen LogP) is 2.73. The average Bonchev–Trinajstić information content (AvgIpc) is 3.26. The number of halogens is 1. The van der Waals surface area contributed by atoms with Crippen LogP contribution in [0.1, 0.15) is 18.7 Å². The molecule has 0 bridgehead atoms. The van der Waals surface area contributed by atoms with E-state index in [0.29, 0.717) is 11.0 Å². The minimum atomic E-state index is -0.505. The maximum absolute atomic E-state index is 12.9. The number of aromatic nitrogens is 4. The first kappa shape index (κ1) is 19.9. The lowest BCUT2D eigenvalue weighted by Crippen LogP contribution is -2.38. The molecule has 1 fully saturated rings. The van der Waals surface area contributed by atoms with Crippen molar-refractivity contribution in [1.82, 2.24) is 24.2 Å². The largest absolute Gasteiger partial charge is 0.379 e. The van der Waals surface area contributed by atoms with E-state index in [-0.39, 0.29) is 5.91 Å². The van der Waals surface area contributed by atoms with Gasteiger partial charge in [0.15, 0.2) is 0 Å². The van der Waals surface area contributed by atoms with Crippen LogP contribution in [0.25, 0.3) is 11.0 Å². The number of fused-ring (bicyclic) bond motifs is 1. The fraction of sp³-hybridized carbons (Fsp3) is 0.450. The van der Waals surface area contributed by atoms with Gasteiger partial charge in [-0.25, -0.2) is 4.98 Å². The van der Waals surface area contributed by atoms with Crippen LogP contribution in [-0.4, -0.2) is 63.0 Å². The first-order valence-corrected chi connectivity index (χ1v) is 10.2. The van der Waals surface area contributed by atoms with E-state index in [1.54, 1.807) is 17.8 Å². The van der Waals surface area contributed by atoms with Crippen LogP contribution in [0, 0.1) is 6.92 Å². The van der Waals surface area contributed by atoms with Crippen molar-refractivity contribution in [3.63, 3.8) is 0 Å². The number of hydrogen-bond donors (Lipinski definition) is 1. The van der Waals surface area contributed by atoms with E-state index in [1.807, 2.05) is 31.2 Å². The number of morpholine rings is 1. The molecular weight excluding hydrogens is 392 g/mol. The average molecular weight is 417 g/mol. The van der Waals surface area contributed by atoms with Gasteiger partial charge in [0.1, 0.15) is 6.04 Å². The number of para-hydroxylation sites is 2. The number of nitrogens with one attached hydrogen (secondary N) is 1. The van der Waals surface area contributed by atoms with Gasteiger partial charge in [-0.1, -0.05) is 23.7 Å². The van der Waals surface area contributed by atoms with E-state index in [4.69, 9.17) is 16.3 Å². The highest BCUT2D eigenvalue weighted by Crippen LogP contribution is 2.22. The highest BCUT2D eigenvalue weighted by Gasteiger charge is 2.22. The second kappa shape index (κ2) is 8.52. The molecule has 2 aromatic heterocycles. The number of amides is 1. The summed E-state index contributed by atoms with van der Waals surface area (Å²) < 4.78 is 9.12. The molecule has 9 heteroatoms. The van der Waals surface area contributed by atoms with E-state index in [9.17, 15) is 4.79 Å². The molecule has 1 N–H and O–H groups in total. The highest BCUT2D eigenvalue weighted by atomic mass is 35.5. The van der Waals surface area contributed by atoms with E-state index >= 15 is 0 Å². The first-order chi connectivity index (χ1) is 14.0. The summed E-state index contributed by atoms with van der Waals surface area (Å²) in [7, 11) is 0. The maximum Gasteiger partial charge on any atom is 0.251 e. The summed E-state index contributed by atoms with van der Waals surface area (Å²) in [5.74, 6) is 0.364. The van der Waals surface area contributed by atoms with Crippen LogP contribution in [-0.2, 0) is 16.1 Å². The number of nitrogens with zero attached hydrogens (tertiary/aromatic N) is 5. The molecule has 3 heterocycles. The number of ether oxygens (including phenoxy) is 1.